The molecule has 1 atom stereocenters. The Balaban J connectivity index is 3.21. The monoisotopic (exact) mass is 259 g/mol. The summed E-state index contributed by atoms with van der Waals surface area (Å²) in [6.45, 7) is 1.65. The van der Waals surface area contributed by atoms with Gasteiger partial charge in [0.15, 0.2) is 0 Å². The standard InChI is InChI=1S/C9H10BrNO3/c1-6(5-12)8-3-2-7(10)4-9(8)11(13)14/h2-4,6,12H,5H2,1H3. The summed E-state index contributed by atoms with van der Waals surface area (Å²) in [7, 11) is 0. The van der Waals surface area contributed by atoms with Gasteiger partial charge in [0.2, 0.25) is 0 Å². The first-order valence-corrected chi connectivity index (χ1v) is 4.90. The number of benzene rings is 1. The first kappa shape index (κ1) is 11.1. The van der Waals surface area contributed by atoms with Crippen LogP contribution in [-0.2, 0) is 0 Å². The number of halogens is 1. The van der Waals surface area contributed by atoms with Crippen molar-refractivity contribution in [1.82, 2.24) is 0 Å². The van der Waals surface area contributed by atoms with Crippen LogP contribution >= 0.6 is 15.9 Å². The molecule has 0 radical (unpaired) electrons. The summed E-state index contributed by atoms with van der Waals surface area (Å²) < 4.78 is 0.665. The average Bonchev–Trinajstić information content (AvgIpc) is 2.16. The molecule has 1 N–H and O–H groups in total. The molecule has 14 heavy (non-hydrogen) atoms. The van der Waals surface area contributed by atoms with E-state index in [1.807, 2.05) is 0 Å². The Bertz CT molecular complexity index is 354. The van der Waals surface area contributed by atoms with Gasteiger partial charge in [0, 0.05) is 28.6 Å². The van der Waals surface area contributed by atoms with E-state index in [9.17, 15) is 10.1 Å². The van der Waals surface area contributed by atoms with Crippen molar-refractivity contribution in [2.24, 2.45) is 0 Å². The van der Waals surface area contributed by atoms with E-state index in [-0.39, 0.29) is 18.2 Å². The van der Waals surface area contributed by atoms with Crippen molar-refractivity contribution in [3.05, 3.63) is 38.3 Å². The van der Waals surface area contributed by atoms with E-state index in [0.29, 0.717) is 10.0 Å². The van der Waals surface area contributed by atoms with Crippen LogP contribution in [0, 0.1) is 10.1 Å². The Morgan fingerprint density at radius 2 is 2.29 bits per heavy atom. The first-order valence-electron chi connectivity index (χ1n) is 4.11. The molecule has 0 amide bonds. The van der Waals surface area contributed by atoms with Gasteiger partial charge in [-0.25, -0.2) is 0 Å². The quantitative estimate of drug-likeness (QED) is 0.670. The Morgan fingerprint density at radius 1 is 1.64 bits per heavy atom. The number of nitro benzene ring substituents is 1. The molecule has 5 heteroatoms. The number of hydrogen-bond donors (Lipinski definition) is 1. The maximum Gasteiger partial charge on any atom is 0.274 e. The number of nitro groups is 1. The Labute approximate surface area is 89.8 Å². The Kier molecular flexibility index (Phi) is 3.60. The molecule has 0 bridgehead atoms. The molecule has 76 valence electrons. The van der Waals surface area contributed by atoms with Gasteiger partial charge in [-0.1, -0.05) is 28.9 Å². The third kappa shape index (κ3) is 2.30. The molecule has 0 saturated carbocycles. The maximum atomic E-state index is 10.7. The lowest BCUT2D eigenvalue weighted by Gasteiger charge is -2.08. The van der Waals surface area contributed by atoms with Crippen molar-refractivity contribution in [2.75, 3.05) is 6.61 Å². The summed E-state index contributed by atoms with van der Waals surface area (Å²) in [5.74, 6) is -0.219. The molecule has 1 rings (SSSR count). The third-order valence-corrected chi connectivity index (χ3v) is 2.49. The zero-order valence-electron chi connectivity index (χ0n) is 7.61. The molecule has 1 aromatic carbocycles. The van der Waals surface area contributed by atoms with E-state index in [1.54, 1.807) is 19.1 Å². The lowest BCUT2D eigenvalue weighted by Crippen LogP contribution is -2.03. The highest BCUT2D eigenvalue weighted by Gasteiger charge is 2.18. The fourth-order valence-electron chi connectivity index (χ4n) is 1.19. The van der Waals surface area contributed by atoms with E-state index in [4.69, 9.17) is 5.11 Å². The van der Waals surface area contributed by atoms with Crippen molar-refractivity contribution in [1.29, 1.82) is 0 Å². The van der Waals surface area contributed by atoms with Gasteiger partial charge in [0.25, 0.3) is 5.69 Å². The molecule has 0 heterocycles. The zero-order chi connectivity index (χ0) is 10.7. The van der Waals surface area contributed by atoms with Crippen molar-refractivity contribution in [2.45, 2.75) is 12.8 Å². The third-order valence-electron chi connectivity index (χ3n) is 1.99. The zero-order valence-corrected chi connectivity index (χ0v) is 9.19. The minimum absolute atomic E-state index is 0.0425. The van der Waals surface area contributed by atoms with E-state index in [2.05, 4.69) is 15.9 Å². The molecule has 0 aliphatic rings. The smallest absolute Gasteiger partial charge is 0.274 e. The molecule has 0 aliphatic carbocycles. The predicted molar refractivity (Wildman–Crippen MR) is 56.3 cm³/mol. The minimum Gasteiger partial charge on any atom is -0.396 e. The molecule has 0 fully saturated rings. The molecule has 0 spiro atoms. The van der Waals surface area contributed by atoms with Crippen LogP contribution in [0.1, 0.15) is 18.4 Å². The number of aliphatic hydroxyl groups is 1. The van der Waals surface area contributed by atoms with Crippen LogP contribution in [0.3, 0.4) is 0 Å². The SMILES string of the molecule is CC(CO)c1ccc(Br)cc1[N+](=O)[O-]. The van der Waals surface area contributed by atoms with Crippen molar-refractivity contribution < 1.29 is 10.0 Å². The second-order valence-electron chi connectivity index (χ2n) is 3.04. The molecule has 1 unspecified atom stereocenters. The van der Waals surface area contributed by atoms with Crippen LogP contribution in [0.5, 0.6) is 0 Å². The van der Waals surface area contributed by atoms with Gasteiger partial charge in [0.1, 0.15) is 0 Å². The van der Waals surface area contributed by atoms with Crippen LogP contribution in [0.15, 0.2) is 22.7 Å². The van der Waals surface area contributed by atoms with Gasteiger partial charge in [-0.3, -0.25) is 10.1 Å². The van der Waals surface area contributed by atoms with E-state index in [0.717, 1.165) is 0 Å². The van der Waals surface area contributed by atoms with Crippen LogP contribution in [0.4, 0.5) is 5.69 Å². The highest BCUT2D eigenvalue weighted by molar-refractivity contribution is 9.10. The van der Waals surface area contributed by atoms with Crippen LogP contribution < -0.4 is 0 Å². The Morgan fingerprint density at radius 3 is 2.79 bits per heavy atom. The number of nitrogens with zero attached hydrogens (tertiary/aromatic N) is 1. The van der Waals surface area contributed by atoms with Crippen LogP contribution in [0.25, 0.3) is 0 Å². The summed E-state index contributed by atoms with van der Waals surface area (Å²) in [4.78, 5) is 10.3. The fraction of sp³-hybridized carbons (Fsp3) is 0.333. The van der Waals surface area contributed by atoms with E-state index in [1.165, 1.54) is 6.07 Å². The number of rotatable bonds is 3. The normalized spacial score (nSPS) is 12.5. The van der Waals surface area contributed by atoms with Gasteiger partial charge in [0.05, 0.1) is 4.92 Å². The molecule has 0 aromatic heterocycles. The summed E-state index contributed by atoms with van der Waals surface area (Å²) in [6.07, 6.45) is 0. The number of aliphatic hydroxyl groups excluding tert-OH is 1. The van der Waals surface area contributed by atoms with Crippen molar-refractivity contribution in [3.8, 4) is 0 Å². The lowest BCUT2D eigenvalue weighted by atomic mass is 10.0. The average molecular weight is 260 g/mol. The summed E-state index contributed by atoms with van der Waals surface area (Å²) in [6, 6.07) is 4.83. The van der Waals surface area contributed by atoms with Crippen LogP contribution in [-0.4, -0.2) is 16.6 Å². The largest absolute Gasteiger partial charge is 0.396 e. The van der Waals surface area contributed by atoms with Gasteiger partial charge in [-0.05, 0) is 6.07 Å². The summed E-state index contributed by atoms with van der Waals surface area (Å²) in [5.41, 5.74) is 0.599. The number of hydrogen-bond acceptors (Lipinski definition) is 3. The van der Waals surface area contributed by atoms with Crippen LogP contribution in [0.2, 0.25) is 0 Å². The van der Waals surface area contributed by atoms with Crippen molar-refractivity contribution in [3.63, 3.8) is 0 Å². The van der Waals surface area contributed by atoms with Gasteiger partial charge < -0.3 is 5.11 Å². The second kappa shape index (κ2) is 4.52. The summed E-state index contributed by atoms with van der Waals surface area (Å²) in [5, 5.41) is 19.6. The summed E-state index contributed by atoms with van der Waals surface area (Å²) >= 11 is 3.17. The van der Waals surface area contributed by atoms with Gasteiger partial charge in [-0.2, -0.15) is 0 Å². The molecule has 0 saturated heterocycles. The minimum atomic E-state index is -0.438. The molecule has 0 aliphatic heterocycles. The van der Waals surface area contributed by atoms with E-state index >= 15 is 0 Å². The molecular weight excluding hydrogens is 250 g/mol. The van der Waals surface area contributed by atoms with Gasteiger partial charge >= 0.3 is 0 Å². The first-order chi connectivity index (χ1) is 6.56. The highest BCUT2D eigenvalue weighted by atomic mass is 79.9. The second-order valence-corrected chi connectivity index (χ2v) is 3.96. The molecule has 4 nitrogen and oxygen atoms in total. The predicted octanol–water partition coefficient (Wildman–Crippen LogP) is 2.45. The molecule has 1 aromatic rings. The van der Waals surface area contributed by atoms with Gasteiger partial charge in [-0.15, -0.1) is 0 Å². The topological polar surface area (TPSA) is 63.4 Å². The lowest BCUT2D eigenvalue weighted by molar-refractivity contribution is -0.385. The Hall–Kier alpha value is -0.940. The fourth-order valence-corrected chi connectivity index (χ4v) is 1.54. The highest BCUT2D eigenvalue weighted by Crippen LogP contribution is 2.29. The van der Waals surface area contributed by atoms with E-state index < -0.39 is 4.92 Å². The van der Waals surface area contributed by atoms with Crippen molar-refractivity contribution >= 4 is 21.6 Å². The maximum absolute atomic E-state index is 10.7. The molecular formula is C9H10BrNO3.